The van der Waals surface area contributed by atoms with Crippen LogP contribution in [0.1, 0.15) is 19.8 Å². The molecule has 1 aliphatic heterocycles. The summed E-state index contributed by atoms with van der Waals surface area (Å²) in [7, 11) is 0. The maximum absolute atomic E-state index is 5.90. The van der Waals surface area contributed by atoms with Crippen molar-refractivity contribution >= 4 is 6.02 Å². The maximum atomic E-state index is 5.90. The van der Waals surface area contributed by atoms with E-state index in [1.807, 2.05) is 30.3 Å². The summed E-state index contributed by atoms with van der Waals surface area (Å²) in [6.07, 6.45) is 1.94. The number of hydrogen-bond donors (Lipinski definition) is 1. The smallest absolute Gasteiger partial charge is 0.282 e. The Labute approximate surface area is 101 Å². The Bertz CT molecular complexity index is 378. The standard InChI is InChI=1S/C13H18N2O2/c1-2-11(8-10-9-16-13(14)15-10)17-12-6-4-3-5-7-12/h3-7,10-11H,2,8-9H2,1H3,(H2,14,15)/t10-,11+/m0/s1. The lowest BCUT2D eigenvalue weighted by molar-refractivity contribution is 0.168. The van der Waals surface area contributed by atoms with Crippen molar-refractivity contribution in [3.05, 3.63) is 30.3 Å². The molecule has 0 saturated heterocycles. The second-order valence-electron chi connectivity index (χ2n) is 4.13. The van der Waals surface area contributed by atoms with Gasteiger partial charge >= 0.3 is 0 Å². The molecule has 0 radical (unpaired) electrons. The largest absolute Gasteiger partial charge is 0.490 e. The Morgan fingerprint density at radius 2 is 2.24 bits per heavy atom. The summed E-state index contributed by atoms with van der Waals surface area (Å²) in [4.78, 5) is 4.21. The average Bonchev–Trinajstić information content (AvgIpc) is 2.75. The van der Waals surface area contributed by atoms with Gasteiger partial charge in [-0.05, 0) is 18.6 Å². The molecule has 1 aromatic rings. The van der Waals surface area contributed by atoms with Crippen LogP contribution in [0.15, 0.2) is 35.3 Å². The molecule has 92 valence electrons. The first-order valence-corrected chi connectivity index (χ1v) is 5.95. The molecular weight excluding hydrogens is 216 g/mol. The first-order chi connectivity index (χ1) is 8.28. The van der Waals surface area contributed by atoms with Gasteiger partial charge in [-0.15, -0.1) is 0 Å². The lowest BCUT2D eigenvalue weighted by atomic mass is 10.1. The van der Waals surface area contributed by atoms with Gasteiger partial charge in [-0.3, -0.25) is 0 Å². The van der Waals surface area contributed by atoms with Crippen LogP contribution in [0.4, 0.5) is 0 Å². The van der Waals surface area contributed by atoms with E-state index in [1.54, 1.807) is 0 Å². The monoisotopic (exact) mass is 234 g/mol. The Kier molecular flexibility index (Phi) is 3.85. The third-order valence-corrected chi connectivity index (χ3v) is 2.77. The van der Waals surface area contributed by atoms with Crippen LogP contribution in [-0.2, 0) is 4.74 Å². The third-order valence-electron chi connectivity index (χ3n) is 2.77. The fourth-order valence-corrected chi connectivity index (χ4v) is 1.85. The highest BCUT2D eigenvalue weighted by molar-refractivity contribution is 5.73. The van der Waals surface area contributed by atoms with E-state index in [2.05, 4.69) is 11.9 Å². The molecule has 0 bridgehead atoms. The van der Waals surface area contributed by atoms with Crippen LogP contribution in [0.5, 0.6) is 5.75 Å². The van der Waals surface area contributed by atoms with Gasteiger partial charge in [-0.2, -0.15) is 0 Å². The summed E-state index contributed by atoms with van der Waals surface area (Å²) < 4.78 is 11.0. The first kappa shape index (κ1) is 11.8. The van der Waals surface area contributed by atoms with E-state index in [4.69, 9.17) is 15.2 Å². The highest BCUT2D eigenvalue weighted by atomic mass is 16.5. The minimum absolute atomic E-state index is 0.128. The Hall–Kier alpha value is -1.71. The van der Waals surface area contributed by atoms with E-state index >= 15 is 0 Å². The highest BCUT2D eigenvalue weighted by Gasteiger charge is 2.21. The summed E-state index contributed by atoms with van der Waals surface area (Å²) in [5, 5.41) is 0. The van der Waals surface area contributed by atoms with Crippen molar-refractivity contribution in [1.82, 2.24) is 0 Å². The summed E-state index contributed by atoms with van der Waals surface area (Å²) in [5.74, 6) is 0.898. The molecule has 0 aromatic heterocycles. The predicted molar refractivity (Wildman–Crippen MR) is 67.1 cm³/mol. The van der Waals surface area contributed by atoms with Gasteiger partial charge in [0, 0.05) is 6.42 Å². The second kappa shape index (κ2) is 5.57. The SMILES string of the molecule is CC[C@H](C[C@H]1COC(N)=N1)Oc1ccccc1. The average molecular weight is 234 g/mol. The Morgan fingerprint density at radius 3 is 2.82 bits per heavy atom. The molecule has 1 heterocycles. The molecule has 0 aliphatic carbocycles. The molecule has 2 N–H and O–H groups in total. The van der Waals surface area contributed by atoms with E-state index < -0.39 is 0 Å². The number of aliphatic imine (C=N–C) groups is 1. The number of nitrogens with two attached hydrogens (primary N) is 1. The van der Waals surface area contributed by atoms with Crippen molar-refractivity contribution < 1.29 is 9.47 Å². The van der Waals surface area contributed by atoms with Gasteiger partial charge in [0.25, 0.3) is 6.02 Å². The lowest BCUT2D eigenvalue weighted by Gasteiger charge is -2.19. The van der Waals surface area contributed by atoms with Crippen molar-refractivity contribution in [2.24, 2.45) is 10.7 Å². The van der Waals surface area contributed by atoms with Crippen LogP contribution in [0.2, 0.25) is 0 Å². The molecule has 2 atom stereocenters. The zero-order valence-electron chi connectivity index (χ0n) is 10.0. The molecule has 2 rings (SSSR count). The Balaban J connectivity index is 1.89. The maximum Gasteiger partial charge on any atom is 0.282 e. The molecule has 0 spiro atoms. The van der Waals surface area contributed by atoms with Gasteiger partial charge in [-0.25, -0.2) is 4.99 Å². The van der Waals surface area contributed by atoms with Crippen LogP contribution in [-0.4, -0.2) is 24.8 Å². The topological polar surface area (TPSA) is 56.8 Å². The molecule has 4 heteroatoms. The number of rotatable bonds is 5. The van der Waals surface area contributed by atoms with Crippen LogP contribution in [0.3, 0.4) is 0 Å². The third kappa shape index (κ3) is 3.37. The van der Waals surface area contributed by atoms with Crippen molar-refractivity contribution in [2.75, 3.05) is 6.61 Å². The normalized spacial score (nSPS) is 20.5. The molecule has 4 nitrogen and oxygen atoms in total. The fourth-order valence-electron chi connectivity index (χ4n) is 1.85. The molecule has 0 saturated carbocycles. The van der Waals surface area contributed by atoms with Crippen molar-refractivity contribution in [3.8, 4) is 5.75 Å². The molecule has 17 heavy (non-hydrogen) atoms. The van der Waals surface area contributed by atoms with E-state index in [0.29, 0.717) is 12.6 Å². The highest BCUT2D eigenvalue weighted by Crippen LogP contribution is 2.18. The van der Waals surface area contributed by atoms with Crippen molar-refractivity contribution in [2.45, 2.75) is 31.9 Å². The van der Waals surface area contributed by atoms with Crippen molar-refractivity contribution in [1.29, 1.82) is 0 Å². The van der Waals surface area contributed by atoms with E-state index in [1.165, 1.54) is 0 Å². The first-order valence-electron chi connectivity index (χ1n) is 5.95. The number of amidine groups is 1. The summed E-state index contributed by atoms with van der Waals surface area (Å²) in [5.41, 5.74) is 5.48. The summed E-state index contributed by atoms with van der Waals surface area (Å²) in [6, 6.07) is 10.3. The number of para-hydroxylation sites is 1. The fraction of sp³-hybridized carbons (Fsp3) is 0.462. The van der Waals surface area contributed by atoms with Crippen LogP contribution in [0, 0.1) is 0 Å². The van der Waals surface area contributed by atoms with Gasteiger partial charge in [0.05, 0.1) is 6.04 Å². The Morgan fingerprint density at radius 1 is 1.47 bits per heavy atom. The zero-order valence-corrected chi connectivity index (χ0v) is 10.0. The zero-order chi connectivity index (χ0) is 12.1. The van der Waals surface area contributed by atoms with Crippen LogP contribution in [0.25, 0.3) is 0 Å². The molecule has 1 aromatic carbocycles. The molecular formula is C13H18N2O2. The van der Waals surface area contributed by atoms with Crippen LogP contribution >= 0.6 is 0 Å². The molecule has 1 aliphatic rings. The van der Waals surface area contributed by atoms with E-state index in [9.17, 15) is 0 Å². The van der Waals surface area contributed by atoms with E-state index in [0.717, 1.165) is 18.6 Å². The molecule has 0 unspecified atom stereocenters. The van der Waals surface area contributed by atoms with Gasteiger partial charge in [0.2, 0.25) is 0 Å². The van der Waals surface area contributed by atoms with Gasteiger partial charge in [0.15, 0.2) is 0 Å². The predicted octanol–water partition coefficient (Wildman–Crippen LogP) is 1.95. The number of nitrogens with zero attached hydrogens (tertiary/aromatic N) is 1. The van der Waals surface area contributed by atoms with Crippen LogP contribution < -0.4 is 10.5 Å². The van der Waals surface area contributed by atoms with Gasteiger partial charge in [0.1, 0.15) is 18.5 Å². The lowest BCUT2D eigenvalue weighted by Crippen LogP contribution is -2.22. The van der Waals surface area contributed by atoms with Gasteiger partial charge < -0.3 is 15.2 Å². The molecule has 0 fully saturated rings. The molecule has 0 amide bonds. The van der Waals surface area contributed by atoms with Gasteiger partial charge in [-0.1, -0.05) is 25.1 Å². The minimum atomic E-state index is 0.128. The number of benzene rings is 1. The number of ether oxygens (including phenoxy) is 2. The van der Waals surface area contributed by atoms with Crippen molar-refractivity contribution in [3.63, 3.8) is 0 Å². The minimum Gasteiger partial charge on any atom is -0.490 e. The van der Waals surface area contributed by atoms with E-state index in [-0.39, 0.29) is 12.1 Å². The second-order valence-corrected chi connectivity index (χ2v) is 4.13. The summed E-state index contributed by atoms with van der Waals surface area (Å²) >= 11 is 0. The quantitative estimate of drug-likeness (QED) is 0.847. The summed E-state index contributed by atoms with van der Waals surface area (Å²) in [6.45, 7) is 2.68. The number of hydrogen-bond acceptors (Lipinski definition) is 4.